The minimum absolute atomic E-state index is 0.0474. The van der Waals surface area contributed by atoms with Crippen molar-refractivity contribution in [1.82, 2.24) is 25.0 Å². The number of fused-ring (bicyclic) bond motifs is 1. The number of aryl methyl sites for hydroxylation is 1. The van der Waals surface area contributed by atoms with Gasteiger partial charge in [-0.05, 0) is 50.0 Å². The number of aliphatic carboxylic acids is 1. The molecule has 16 heteroatoms. The zero-order valence-corrected chi connectivity index (χ0v) is 26.6. The number of hydrogen-bond acceptors (Lipinski definition) is 8. The van der Waals surface area contributed by atoms with Crippen LogP contribution in [-0.4, -0.2) is 111 Å². The average molecular weight is 680 g/mol. The van der Waals surface area contributed by atoms with Gasteiger partial charge in [0.1, 0.15) is 0 Å². The molecule has 5 N–H and O–H groups in total. The number of carboxylic acids is 1. The molecule has 0 aliphatic carbocycles. The lowest BCUT2D eigenvalue weighted by Crippen LogP contribution is -2.58. The van der Waals surface area contributed by atoms with Crippen molar-refractivity contribution in [3.63, 3.8) is 0 Å². The Morgan fingerprint density at radius 1 is 1.06 bits per heavy atom. The van der Waals surface area contributed by atoms with Gasteiger partial charge in [0.05, 0.1) is 12.1 Å². The number of rotatable bonds is 9. The van der Waals surface area contributed by atoms with Gasteiger partial charge in [-0.3, -0.25) is 24.7 Å². The van der Waals surface area contributed by atoms with E-state index in [4.69, 9.17) is 21.0 Å². The van der Waals surface area contributed by atoms with Crippen molar-refractivity contribution in [1.29, 1.82) is 5.41 Å². The summed E-state index contributed by atoms with van der Waals surface area (Å²) < 4.78 is 31.7. The van der Waals surface area contributed by atoms with E-state index in [-0.39, 0.29) is 41.6 Å². The summed E-state index contributed by atoms with van der Waals surface area (Å²) in [6.45, 7) is 3.26. The number of alkyl halides is 3. The fourth-order valence-electron chi connectivity index (χ4n) is 6.42. The van der Waals surface area contributed by atoms with Gasteiger partial charge in [0.2, 0.25) is 17.6 Å². The quantitative estimate of drug-likeness (QED) is 0.177. The average Bonchev–Trinajstić information content (AvgIpc) is 3.74. The number of carboxylic acid groups (broad SMARTS) is 1. The third-order valence-electron chi connectivity index (χ3n) is 8.77. The highest BCUT2D eigenvalue weighted by molar-refractivity contribution is 7.11. The lowest BCUT2D eigenvalue weighted by Gasteiger charge is -2.40. The number of nitrogens with zero attached hydrogens (tertiary/aromatic N) is 4. The summed E-state index contributed by atoms with van der Waals surface area (Å²) in [5, 5.41) is 20.2. The third-order valence-corrected chi connectivity index (χ3v) is 9.56. The number of Topliss-reactive ketones (excluding diaryl/α,β-unsaturated/α-hetero) is 1. The minimum Gasteiger partial charge on any atom is -0.475 e. The normalized spacial score (nSPS) is 22.0. The number of halogens is 3. The number of nitrogens with one attached hydrogen (secondary N) is 2. The molecule has 0 spiro atoms. The molecule has 2 aromatic rings. The van der Waals surface area contributed by atoms with E-state index in [1.165, 1.54) is 11.3 Å². The molecule has 5 rings (SSSR count). The van der Waals surface area contributed by atoms with Crippen LogP contribution in [0.4, 0.5) is 13.2 Å². The smallest absolute Gasteiger partial charge is 0.475 e. The molecular formula is C31H40F3N7O5S. The molecule has 47 heavy (non-hydrogen) atoms. The van der Waals surface area contributed by atoms with Crippen molar-refractivity contribution in [2.24, 2.45) is 11.7 Å². The molecule has 0 bridgehead atoms. The molecule has 4 heterocycles. The number of benzene rings is 1. The van der Waals surface area contributed by atoms with Gasteiger partial charge < -0.3 is 26.0 Å². The van der Waals surface area contributed by atoms with Crippen LogP contribution in [0.1, 0.15) is 53.9 Å². The van der Waals surface area contributed by atoms with Crippen LogP contribution >= 0.6 is 11.3 Å². The minimum atomic E-state index is -5.08. The molecule has 3 aliphatic rings. The first-order valence-electron chi connectivity index (χ1n) is 15.5. The molecule has 3 saturated heterocycles. The number of aromatic nitrogens is 1. The number of likely N-dealkylation sites (tertiary alicyclic amines) is 1. The summed E-state index contributed by atoms with van der Waals surface area (Å²) in [6, 6.07) is 9.23. The molecule has 1 aromatic heterocycles. The summed E-state index contributed by atoms with van der Waals surface area (Å²) in [5.41, 5.74) is 6.89. The highest BCUT2D eigenvalue weighted by atomic mass is 32.1. The maximum Gasteiger partial charge on any atom is 0.490 e. The van der Waals surface area contributed by atoms with E-state index in [1.807, 2.05) is 40.1 Å². The van der Waals surface area contributed by atoms with Gasteiger partial charge >= 0.3 is 12.1 Å². The van der Waals surface area contributed by atoms with Crippen molar-refractivity contribution in [3.05, 3.63) is 52.5 Å². The lowest BCUT2D eigenvalue weighted by atomic mass is 9.89. The standard InChI is InChI=1S/C29H39N7O3S.C2HF3O2/c30-29(31)35-13-4-7-21(18-35)17-23(26(38)28-32-12-16-40-28)33-27(39)24-10-9-22-19-34(14-15-36(22)24)25(37)11-8-20-5-2-1-3-6-20;3-2(4,5)1(6)7/h1-3,5-6,12,16,21-24H,4,7-11,13-15,17-19H2,(H3,30,31)(H,33,39);(H,6,7)/t21?,22-,23-,24-;/m0./s1. The molecule has 0 saturated carbocycles. The Kier molecular flexibility index (Phi) is 12.3. The Hall–Kier alpha value is -4.05. The highest BCUT2D eigenvalue weighted by Crippen LogP contribution is 2.29. The van der Waals surface area contributed by atoms with Crippen LogP contribution in [0.15, 0.2) is 41.9 Å². The van der Waals surface area contributed by atoms with E-state index in [1.54, 1.807) is 11.6 Å². The molecule has 12 nitrogen and oxygen atoms in total. The van der Waals surface area contributed by atoms with Gasteiger partial charge in [0.25, 0.3) is 0 Å². The lowest BCUT2D eigenvalue weighted by molar-refractivity contribution is -0.192. The summed E-state index contributed by atoms with van der Waals surface area (Å²) in [4.78, 5) is 59.0. The topological polar surface area (TPSA) is 173 Å². The molecule has 1 aromatic carbocycles. The third kappa shape index (κ3) is 9.97. The SMILES string of the molecule is N=C(N)N1CCCC(C[C@H](NC(=O)[C@@H]2CC[C@H]3CN(C(=O)CCc4ccccc4)CCN32)C(=O)c2nccs2)C1.O=C(O)C(F)(F)F. The summed E-state index contributed by atoms with van der Waals surface area (Å²) in [5.74, 6) is -2.68. The first-order chi connectivity index (χ1) is 22.3. The van der Waals surface area contributed by atoms with E-state index in [0.717, 1.165) is 37.8 Å². The van der Waals surface area contributed by atoms with Crippen molar-refractivity contribution in [3.8, 4) is 0 Å². The first-order valence-corrected chi connectivity index (χ1v) is 16.4. The van der Waals surface area contributed by atoms with Crippen LogP contribution in [0.5, 0.6) is 0 Å². The van der Waals surface area contributed by atoms with Crippen LogP contribution in [0, 0.1) is 11.3 Å². The van der Waals surface area contributed by atoms with Gasteiger partial charge in [-0.25, -0.2) is 9.78 Å². The molecular weight excluding hydrogens is 639 g/mol. The Bertz CT molecular complexity index is 1400. The number of piperazine rings is 1. The van der Waals surface area contributed by atoms with Crippen LogP contribution < -0.4 is 11.1 Å². The van der Waals surface area contributed by atoms with E-state index in [9.17, 15) is 27.6 Å². The van der Waals surface area contributed by atoms with Crippen LogP contribution in [0.3, 0.4) is 0 Å². The van der Waals surface area contributed by atoms with Crippen molar-refractivity contribution in [2.75, 3.05) is 32.7 Å². The molecule has 3 fully saturated rings. The van der Waals surface area contributed by atoms with Gasteiger partial charge in [0.15, 0.2) is 11.0 Å². The zero-order chi connectivity index (χ0) is 34.1. The molecule has 3 aliphatic heterocycles. The summed E-state index contributed by atoms with van der Waals surface area (Å²) >= 11 is 1.29. The predicted molar refractivity (Wildman–Crippen MR) is 168 cm³/mol. The zero-order valence-electron chi connectivity index (χ0n) is 25.8. The number of carbonyl (C=O) groups excluding carboxylic acids is 3. The maximum absolute atomic E-state index is 13.6. The van der Waals surface area contributed by atoms with Crippen molar-refractivity contribution in [2.45, 2.75) is 69.2 Å². The number of piperidine rings is 1. The maximum atomic E-state index is 13.6. The molecule has 256 valence electrons. The Balaban J connectivity index is 0.000000644. The molecule has 2 amide bonds. The number of carbonyl (C=O) groups is 4. The fourth-order valence-corrected chi connectivity index (χ4v) is 7.05. The Morgan fingerprint density at radius 2 is 1.79 bits per heavy atom. The number of nitrogens with two attached hydrogens (primary N) is 1. The number of amides is 2. The first kappa shape index (κ1) is 35.8. The number of guanidine groups is 1. The van der Waals surface area contributed by atoms with E-state index < -0.39 is 18.2 Å². The summed E-state index contributed by atoms with van der Waals surface area (Å²) in [6.07, 6.45) is 1.62. The van der Waals surface area contributed by atoms with E-state index >= 15 is 0 Å². The summed E-state index contributed by atoms with van der Waals surface area (Å²) in [7, 11) is 0. The number of thiazole rings is 1. The van der Waals surface area contributed by atoms with E-state index in [2.05, 4.69) is 15.2 Å². The second kappa shape index (κ2) is 16.2. The van der Waals surface area contributed by atoms with Crippen LogP contribution in [0.2, 0.25) is 0 Å². The van der Waals surface area contributed by atoms with Gasteiger partial charge in [0, 0.05) is 56.8 Å². The van der Waals surface area contributed by atoms with Crippen molar-refractivity contribution < 1.29 is 37.5 Å². The van der Waals surface area contributed by atoms with Crippen molar-refractivity contribution >= 4 is 40.9 Å². The highest BCUT2D eigenvalue weighted by Gasteiger charge is 2.43. The predicted octanol–water partition coefficient (Wildman–Crippen LogP) is 2.75. The Morgan fingerprint density at radius 3 is 2.43 bits per heavy atom. The number of ketones is 1. The van der Waals surface area contributed by atoms with E-state index in [0.29, 0.717) is 50.4 Å². The van der Waals surface area contributed by atoms with Gasteiger partial charge in [-0.1, -0.05) is 30.3 Å². The van der Waals surface area contributed by atoms with Crippen LogP contribution in [0.25, 0.3) is 0 Å². The molecule has 0 radical (unpaired) electrons. The van der Waals surface area contributed by atoms with Crippen LogP contribution in [-0.2, 0) is 20.8 Å². The molecule has 1 unspecified atom stereocenters. The van der Waals surface area contributed by atoms with Gasteiger partial charge in [-0.15, -0.1) is 11.3 Å². The second-order valence-electron chi connectivity index (χ2n) is 12.0. The second-order valence-corrected chi connectivity index (χ2v) is 12.8. The Labute approximate surface area is 274 Å². The number of hydrogen-bond donors (Lipinski definition) is 4. The van der Waals surface area contributed by atoms with Gasteiger partial charge in [-0.2, -0.15) is 13.2 Å². The molecule has 4 atom stereocenters. The fraction of sp³-hybridized carbons (Fsp3) is 0.548. The monoisotopic (exact) mass is 679 g/mol. The largest absolute Gasteiger partial charge is 0.490 e.